The Hall–Kier alpha value is -3.29. The minimum Gasteiger partial charge on any atom is -0.497 e. The third-order valence-corrected chi connectivity index (χ3v) is 3.50. The van der Waals surface area contributed by atoms with Gasteiger partial charge in [0, 0.05) is 5.69 Å². The summed E-state index contributed by atoms with van der Waals surface area (Å²) in [6, 6.07) is 10.4. The van der Waals surface area contributed by atoms with Crippen molar-refractivity contribution in [2.24, 2.45) is 0 Å². The number of hydrogen-bond acceptors (Lipinski definition) is 4. The zero-order chi connectivity index (χ0) is 20.0. The van der Waals surface area contributed by atoms with Gasteiger partial charge in [-0.25, -0.2) is 0 Å². The van der Waals surface area contributed by atoms with Crippen LogP contribution in [0.3, 0.4) is 0 Å². The van der Waals surface area contributed by atoms with Crippen molar-refractivity contribution in [1.82, 2.24) is 0 Å². The first-order chi connectivity index (χ1) is 12.7. The summed E-state index contributed by atoms with van der Waals surface area (Å²) in [5.74, 6) is -1.61. The van der Waals surface area contributed by atoms with Gasteiger partial charge in [-0.15, -0.1) is 0 Å². The molecule has 0 saturated carbocycles. The normalized spacial score (nSPS) is 11.3. The smallest absolute Gasteiger partial charge is 0.471 e. The number of hydrogen-bond donors (Lipinski definition) is 1. The number of ether oxygens (including phenoxy) is 2. The SMILES string of the molecule is COc1ccc(OC)c(C(=O)C=Cc2cccc(NC(=O)C(F)(F)F)c2)c1. The molecule has 0 bridgehead atoms. The van der Waals surface area contributed by atoms with Gasteiger partial charge in [0.25, 0.3) is 0 Å². The van der Waals surface area contributed by atoms with Gasteiger partial charge in [-0.1, -0.05) is 18.2 Å². The van der Waals surface area contributed by atoms with E-state index in [4.69, 9.17) is 9.47 Å². The van der Waals surface area contributed by atoms with E-state index in [2.05, 4.69) is 0 Å². The molecule has 0 heterocycles. The minimum atomic E-state index is -4.98. The second-order valence-electron chi connectivity index (χ2n) is 5.34. The number of ketones is 1. The van der Waals surface area contributed by atoms with Crippen LogP contribution in [0.2, 0.25) is 0 Å². The third kappa shape index (κ3) is 5.34. The molecule has 2 aromatic carbocycles. The topological polar surface area (TPSA) is 64.6 Å². The summed E-state index contributed by atoms with van der Waals surface area (Å²) in [6.07, 6.45) is -2.31. The number of rotatable bonds is 6. The Morgan fingerprint density at radius 1 is 1.04 bits per heavy atom. The van der Waals surface area contributed by atoms with Crippen molar-refractivity contribution < 1.29 is 32.2 Å². The number of carbonyl (C=O) groups is 2. The molecule has 5 nitrogen and oxygen atoms in total. The number of nitrogens with one attached hydrogen (secondary N) is 1. The Bertz CT molecular complexity index is 875. The van der Waals surface area contributed by atoms with E-state index in [1.165, 1.54) is 50.6 Å². The fraction of sp³-hybridized carbons (Fsp3) is 0.158. The van der Waals surface area contributed by atoms with E-state index in [0.717, 1.165) is 0 Å². The summed E-state index contributed by atoms with van der Waals surface area (Å²) in [6.45, 7) is 0. The highest BCUT2D eigenvalue weighted by molar-refractivity contribution is 6.09. The second kappa shape index (κ2) is 8.39. The average molecular weight is 379 g/mol. The summed E-state index contributed by atoms with van der Waals surface area (Å²) in [4.78, 5) is 23.4. The number of allylic oxidation sites excluding steroid dienone is 1. The lowest BCUT2D eigenvalue weighted by Crippen LogP contribution is -2.29. The van der Waals surface area contributed by atoms with Gasteiger partial charge in [-0.2, -0.15) is 13.2 Å². The van der Waals surface area contributed by atoms with Crippen molar-refractivity contribution in [3.63, 3.8) is 0 Å². The molecule has 0 unspecified atom stereocenters. The largest absolute Gasteiger partial charge is 0.497 e. The maximum absolute atomic E-state index is 12.4. The van der Waals surface area contributed by atoms with Gasteiger partial charge in [0.05, 0.1) is 19.8 Å². The van der Waals surface area contributed by atoms with Crippen LogP contribution in [-0.4, -0.2) is 32.1 Å². The molecule has 0 radical (unpaired) electrons. The Morgan fingerprint density at radius 3 is 2.41 bits per heavy atom. The van der Waals surface area contributed by atoms with Crippen LogP contribution in [0.25, 0.3) is 6.08 Å². The Kier molecular flexibility index (Phi) is 6.23. The number of alkyl halides is 3. The highest BCUT2D eigenvalue weighted by Crippen LogP contribution is 2.25. The molecule has 0 saturated heterocycles. The molecule has 1 amide bonds. The van der Waals surface area contributed by atoms with Gasteiger partial charge in [0.2, 0.25) is 0 Å². The van der Waals surface area contributed by atoms with Gasteiger partial charge < -0.3 is 14.8 Å². The van der Waals surface area contributed by atoms with E-state index in [9.17, 15) is 22.8 Å². The monoisotopic (exact) mass is 379 g/mol. The molecule has 1 N–H and O–H groups in total. The molecule has 0 aliphatic carbocycles. The quantitative estimate of drug-likeness (QED) is 0.606. The highest BCUT2D eigenvalue weighted by atomic mass is 19.4. The van der Waals surface area contributed by atoms with Crippen LogP contribution in [0, 0.1) is 0 Å². The van der Waals surface area contributed by atoms with E-state index >= 15 is 0 Å². The first-order valence-electron chi connectivity index (χ1n) is 7.67. The molecule has 0 aliphatic rings. The zero-order valence-corrected chi connectivity index (χ0v) is 14.5. The number of carbonyl (C=O) groups excluding carboxylic acids is 2. The molecule has 2 rings (SSSR count). The van der Waals surface area contributed by atoms with Crippen molar-refractivity contribution in [3.05, 3.63) is 59.7 Å². The maximum atomic E-state index is 12.4. The van der Waals surface area contributed by atoms with Gasteiger partial charge >= 0.3 is 12.1 Å². The predicted molar refractivity (Wildman–Crippen MR) is 94.0 cm³/mol. The summed E-state index contributed by atoms with van der Waals surface area (Å²) in [5, 5.41) is 1.76. The van der Waals surface area contributed by atoms with Gasteiger partial charge in [-0.05, 0) is 42.0 Å². The lowest BCUT2D eigenvalue weighted by molar-refractivity contribution is -0.167. The molecule has 0 aromatic heterocycles. The Morgan fingerprint density at radius 2 is 1.78 bits per heavy atom. The summed E-state index contributed by atoms with van der Waals surface area (Å²) in [5.41, 5.74) is 0.672. The number of benzene rings is 2. The lowest BCUT2D eigenvalue weighted by atomic mass is 10.1. The molecule has 0 fully saturated rings. The second-order valence-corrected chi connectivity index (χ2v) is 5.34. The standard InChI is InChI=1S/C19H16F3NO4/c1-26-14-7-9-17(27-2)15(11-14)16(24)8-6-12-4-3-5-13(10-12)23-18(25)19(20,21)22/h3-11H,1-2H3,(H,23,25). The summed E-state index contributed by atoms with van der Waals surface area (Å²) >= 11 is 0. The molecule has 27 heavy (non-hydrogen) atoms. The van der Waals surface area contributed by atoms with E-state index in [0.29, 0.717) is 17.1 Å². The van der Waals surface area contributed by atoms with Crippen molar-refractivity contribution in [2.75, 3.05) is 19.5 Å². The van der Waals surface area contributed by atoms with Crippen LogP contribution in [0.1, 0.15) is 15.9 Å². The molecule has 2 aromatic rings. The molecular weight excluding hydrogens is 363 g/mol. The van der Waals surface area contributed by atoms with Crippen molar-refractivity contribution in [1.29, 1.82) is 0 Å². The Labute approximate surface area is 153 Å². The van der Waals surface area contributed by atoms with Gasteiger partial charge in [0.15, 0.2) is 5.78 Å². The highest BCUT2D eigenvalue weighted by Gasteiger charge is 2.38. The summed E-state index contributed by atoms with van der Waals surface area (Å²) < 4.78 is 47.2. The van der Waals surface area contributed by atoms with Crippen LogP contribution >= 0.6 is 0 Å². The lowest BCUT2D eigenvalue weighted by Gasteiger charge is -2.09. The Balaban J connectivity index is 2.20. The van der Waals surface area contributed by atoms with Crippen molar-refractivity contribution in [3.8, 4) is 11.5 Å². The predicted octanol–water partition coefficient (Wildman–Crippen LogP) is 4.10. The maximum Gasteiger partial charge on any atom is 0.471 e. The van der Waals surface area contributed by atoms with Crippen LogP contribution in [0.15, 0.2) is 48.5 Å². The molecule has 8 heteroatoms. The minimum absolute atomic E-state index is 0.0362. The molecule has 0 aliphatic heterocycles. The fourth-order valence-corrected chi connectivity index (χ4v) is 2.19. The van der Waals surface area contributed by atoms with Crippen molar-refractivity contribution in [2.45, 2.75) is 6.18 Å². The van der Waals surface area contributed by atoms with Crippen LogP contribution in [0.4, 0.5) is 18.9 Å². The fourth-order valence-electron chi connectivity index (χ4n) is 2.19. The van der Waals surface area contributed by atoms with Gasteiger partial charge in [0.1, 0.15) is 11.5 Å². The zero-order valence-electron chi connectivity index (χ0n) is 14.5. The molecule has 142 valence electrons. The van der Waals surface area contributed by atoms with E-state index in [1.807, 2.05) is 0 Å². The first-order valence-corrected chi connectivity index (χ1v) is 7.67. The number of anilines is 1. The number of halogens is 3. The molecular formula is C19H16F3NO4. The third-order valence-electron chi connectivity index (χ3n) is 3.50. The average Bonchev–Trinajstić information content (AvgIpc) is 2.65. The van der Waals surface area contributed by atoms with Crippen molar-refractivity contribution >= 4 is 23.5 Å². The van der Waals surface area contributed by atoms with Crippen LogP contribution in [-0.2, 0) is 4.79 Å². The summed E-state index contributed by atoms with van der Waals surface area (Å²) in [7, 11) is 2.89. The van der Waals surface area contributed by atoms with E-state index < -0.39 is 12.1 Å². The molecule has 0 atom stereocenters. The van der Waals surface area contributed by atoms with E-state index in [1.54, 1.807) is 23.5 Å². The van der Waals surface area contributed by atoms with Crippen LogP contribution < -0.4 is 14.8 Å². The number of amides is 1. The van der Waals surface area contributed by atoms with E-state index in [-0.39, 0.29) is 17.0 Å². The molecule has 0 spiro atoms. The first kappa shape index (κ1) is 20.0. The number of methoxy groups -OCH3 is 2. The van der Waals surface area contributed by atoms with Gasteiger partial charge in [-0.3, -0.25) is 9.59 Å². The van der Waals surface area contributed by atoms with Crippen LogP contribution in [0.5, 0.6) is 11.5 Å².